The minimum atomic E-state index is -0.301. The summed E-state index contributed by atoms with van der Waals surface area (Å²) in [6, 6.07) is 11.7. The zero-order chi connectivity index (χ0) is 18.4. The van der Waals surface area contributed by atoms with Gasteiger partial charge in [0.15, 0.2) is 12.4 Å². The molecule has 0 aliphatic carbocycles. The van der Waals surface area contributed by atoms with Gasteiger partial charge in [0.1, 0.15) is 0 Å². The lowest BCUT2D eigenvalue weighted by atomic mass is 10.2. The van der Waals surface area contributed by atoms with Crippen LogP contribution in [-0.4, -0.2) is 20.9 Å². The van der Waals surface area contributed by atoms with E-state index in [1.165, 1.54) is 0 Å². The Hall–Kier alpha value is -3.00. The van der Waals surface area contributed by atoms with Crippen molar-refractivity contribution in [1.82, 2.24) is 15.0 Å². The zero-order valence-corrected chi connectivity index (χ0v) is 15.1. The first-order valence-corrected chi connectivity index (χ1v) is 8.98. The first-order valence-electron chi connectivity index (χ1n) is 8.10. The predicted molar refractivity (Wildman–Crippen MR) is 101 cm³/mol. The molecule has 3 aromatic rings. The van der Waals surface area contributed by atoms with Gasteiger partial charge in [-0.1, -0.05) is 23.8 Å². The Balaban J connectivity index is 1.56. The van der Waals surface area contributed by atoms with Gasteiger partial charge in [0.05, 0.1) is 6.42 Å². The molecule has 7 nitrogen and oxygen atoms in total. The summed E-state index contributed by atoms with van der Waals surface area (Å²) < 4.78 is 5.23. The van der Waals surface area contributed by atoms with Gasteiger partial charge >= 0.3 is 5.97 Å². The van der Waals surface area contributed by atoms with Crippen molar-refractivity contribution >= 4 is 34.9 Å². The summed E-state index contributed by atoms with van der Waals surface area (Å²) in [5.41, 5.74) is 7.71. The number of anilines is 3. The molecular formula is C18H19N5O2S. The van der Waals surface area contributed by atoms with Crippen molar-refractivity contribution in [3.05, 3.63) is 58.0 Å². The van der Waals surface area contributed by atoms with Crippen LogP contribution in [0.5, 0.6) is 0 Å². The number of nitrogens with one attached hydrogen (secondary N) is 1. The van der Waals surface area contributed by atoms with E-state index in [1.54, 1.807) is 11.3 Å². The SMILES string of the molecule is Cc1ccc(Nc2nc(N)nc(COC(=O)CCc3cccs3)n2)cc1. The number of carbonyl (C=O) groups excluding carboxylic acids is 1. The molecule has 0 amide bonds. The average molecular weight is 369 g/mol. The fourth-order valence-corrected chi connectivity index (χ4v) is 2.93. The number of esters is 1. The molecule has 26 heavy (non-hydrogen) atoms. The Kier molecular flexibility index (Phi) is 5.75. The van der Waals surface area contributed by atoms with Crippen LogP contribution in [0, 0.1) is 6.92 Å². The van der Waals surface area contributed by atoms with E-state index in [-0.39, 0.29) is 18.5 Å². The Bertz CT molecular complexity index is 866. The second-order valence-electron chi connectivity index (χ2n) is 5.66. The monoisotopic (exact) mass is 369 g/mol. The number of benzene rings is 1. The number of hydrogen-bond donors (Lipinski definition) is 2. The summed E-state index contributed by atoms with van der Waals surface area (Å²) in [7, 11) is 0. The van der Waals surface area contributed by atoms with E-state index < -0.39 is 0 Å². The van der Waals surface area contributed by atoms with Crippen molar-refractivity contribution in [2.24, 2.45) is 0 Å². The summed E-state index contributed by atoms with van der Waals surface area (Å²) in [6.45, 7) is 1.97. The first-order chi connectivity index (χ1) is 12.6. The third-order valence-corrected chi connectivity index (χ3v) is 4.46. The van der Waals surface area contributed by atoms with Gasteiger partial charge in [-0.25, -0.2) is 0 Å². The van der Waals surface area contributed by atoms with Gasteiger partial charge in [0.25, 0.3) is 0 Å². The summed E-state index contributed by atoms with van der Waals surface area (Å²) in [5, 5.41) is 5.05. The highest BCUT2D eigenvalue weighted by Crippen LogP contribution is 2.15. The molecule has 0 atom stereocenters. The topological polar surface area (TPSA) is 103 Å². The Morgan fingerprint density at radius 1 is 1.19 bits per heavy atom. The fraction of sp³-hybridized carbons (Fsp3) is 0.222. The average Bonchev–Trinajstić information content (AvgIpc) is 3.13. The second kappa shape index (κ2) is 8.39. The molecule has 1 aromatic carbocycles. The van der Waals surface area contributed by atoms with Gasteiger partial charge in [-0.05, 0) is 36.9 Å². The van der Waals surface area contributed by atoms with Crippen molar-refractivity contribution in [3.63, 3.8) is 0 Å². The van der Waals surface area contributed by atoms with Crippen LogP contribution in [0.25, 0.3) is 0 Å². The van der Waals surface area contributed by atoms with Crippen molar-refractivity contribution in [1.29, 1.82) is 0 Å². The van der Waals surface area contributed by atoms with Crippen LogP contribution in [0.2, 0.25) is 0 Å². The van der Waals surface area contributed by atoms with E-state index in [9.17, 15) is 4.79 Å². The number of thiophene rings is 1. The quantitative estimate of drug-likeness (QED) is 0.616. The van der Waals surface area contributed by atoms with E-state index in [2.05, 4.69) is 20.3 Å². The molecule has 0 saturated carbocycles. The van der Waals surface area contributed by atoms with Crippen LogP contribution in [0.4, 0.5) is 17.6 Å². The summed E-state index contributed by atoms with van der Waals surface area (Å²) in [5.74, 6) is 0.382. The lowest BCUT2D eigenvalue weighted by molar-refractivity contribution is -0.145. The van der Waals surface area contributed by atoms with Crippen LogP contribution in [0.3, 0.4) is 0 Å². The van der Waals surface area contributed by atoms with Gasteiger partial charge in [-0.15, -0.1) is 11.3 Å². The van der Waals surface area contributed by atoms with Crippen LogP contribution in [0.15, 0.2) is 41.8 Å². The molecular weight excluding hydrogens is 350 g/mol. The number of hydrogen-bond acceptors (Lipinski definition) is 8. The summed E-state index contributed by atoms with van der Waals surface area (Å²) >= 11 is 1.62. The molecule has 3 rings (SSSR count). The lowest BCUT2D eigenvalue weighted by Gasteiger charge is -2.08. The molecule has 8 heteroatoms. The number of nitrogens with two attached hydrogens (primary N) is 1. The predicted octanol–water partition coefficient (Wildman–Crippen LogP) is 3.24. The van der Waals surface area contributed by atoms with E-state index in [4.69, 9.17) is 10.5 Å². The fourth-order valence-electron chi connectivity index (χ4n) is 2.22. The highest BCUT2D eigenvalue weighted by molar-refractivity contribution is 7.09. The maximum absolute atomic E-state index is 11.9. The van der Waals surface area contributed by atoms with Gasteiger partial charge in [0.2, 0.25) is 11.9 Å². The van der Waals surface area contributed by atoms with Crippen LogP contribution < -0.4 is 11.1 Å². The molecule has 134 valence electrons. The molecule has 3 N–H and O–H groups in total. The molecule has 0 aliphatic heterocycles. The highest BCUT2D eigenvalue weighted by atomic mass is 32.1. The van der Waals surface area contributed by atoms with E-state index in [0.29, 0.717) is 24.6 Å². The molecule has 2 aromatic heterocycles. The van der Waals surface area contributed by atoms with Gasteiger partial charge in [0, 0.05) is 10.6 Å². The van der Waals surface area contributed by atoms with E-state index >= 15 is 0 Å². The van der Waals surface area contributed by atoms with Gasteiger partial charge in [-0.2, -0.15) is 15.0 Å². The summed E-state index contributed by atoms with van der Waals surface area (Å²) in [6.07, 6.45) is 0.978. The van der Waals surface area contributed by atoms with Crippen molar-refractivity contribution < 1.29 is 9.53 Å². The Morgan fingerprint density at radius 2 is 2.00 bits per heavy atom. The molecule has 0 bridgehead atoms. The standard InChI is InChI=1S/C18H19N5O2S/c1-12-4-6-13(7-5-12)20-18-22-15(21-17(19)23-18)11-25-16(24)9-8-14-3-2-10-26-14/h2-7,10H,8-9,11H2,1H3,(H3,19,20,21,22,23). The van der Waals surface area contributed by atoms with Crippen molar-refractivity contribution in [3.8, 4) is 0 Å². The van der Waals surface area contributed by atoms with Crippen LogP contribution in [-0.2, 0) is 22.6 Å². The minimum Gasteiger partial charge on any atom is -0.457 e. The molecule has 2 heterocycles. The number of aryl methyl sites for hydroxylation is 2. The van der Waals surface area contributed by atoms with Gasteiger partial charge < -0.3 is 15.8 Å². The summed E-state index contributed by atoms with van der Waals surface area (Å²) in [4.78, 5) is 25.3. The first kappa shape index (κ1) is 17.8. The molecule has 0 unspecified atom stereocenters. The number of nitrogens with zero attached hydrogens (tertiary/aromatic N) is 3. The van der Waals surface area contributed by atoms with Gasteiger partial charge in [-0.3, -0.25) is 4.79 Å². The maximum atomic E-state index is 11.9. The molecule has 0 radical (unpaired) electrons. The zero-order valence-electron chi connectivity index (χ0n) is 14.3. The lowest BCUT2D eigenvalue weighted by Crippen LogP contribution is -2.11. The number of ether oxygens (including phenoxy) is 1. The number of carbonyl (C=O) groups is 1. The van der Waals surface area contributed by atoms with Crippen molar-refractivity contribution in [2.45, 2.75) is 26.4 Å². The Morgan fingerprint density at radius 3 is 2.73 bits per heavy atom. The third kappa shape index (κ3) is 5.25. The van der Waals surface area contributed by atoms with Crippen LogP contribution in [0.1, 0.15) is 22.7 Å². The van der Waals surface area contributed by atoms with Crippen LogP contribution >= 0.6 is 11.3 Å². The second-order valence-corrected chi connectivity index (χ2v) is 6.70. The smallest absolute Gasteiger partial charge is 0.306 e. The maximum Gasteiger partial charge on any atom is 0.306 e. The largest absolute Gasteiger partial charge is 0.457 e. The minimum absolute atomic E-state index is 0.0431. The third-order valence-electron chi connectivity index (χ3n) is 3.52. The number of aromatic nitrogens is 3. The number of rotatable bonds is 7. The van der Waals surface area contributed by atoms with E-state index in [0.717, 1.165) is 16.1 Å². The normalized spacial score (nSPS) is 10.5. The highest BCUT2D eigenvalue weighted by Gasteiger charge is 2.09. The van der Waals surface area contributed by atoms with Crippen molar-refractivity contribution in [2.75, 3.05) is 11.1 Å². The molecule has 0 spiro atoms. The molecule has 0 fully saturated rings. The molecule has 0 aliphatic rings. The Labute approximate surface area is 155 Å². The molecule has 0 saturated heterocycles. The van der Waals surface area contributed by atoms with E-state index in [1.807, 2.05) is 48.7 Å². The number of nitrogen functional groups attached to an aromatic ring is 1.